The highest BCUT2D eigenvalue weighted by molar-refractivity contribution is 5.79. The van der Waals surface area contributed by atoms with E-state index in [1.54, 1.807) is 0 Å². The first-order valence-corrected chi connectivity index (χ1v) is 6.29. The Morgan fingerprint density at radius 3 is 2.88 bits per heavy atom. The lowest BCUT2D eigenvalue weighted by molar-refractivity contribution is -0.147. The molecule has 16 heavy (non-hydrogen) atoms. The first kappa shape index (κ1) is 11.9. The molecule has 2 aliphatic heterocycles. The Morgan fingerprint density at radius 1 is 1.44 bits per heavy atom. The van der Waals surface area contributed by atoms with Crippen LogP contribution < -0.4 is 5.32 Å². The van der Waals surface area contributed by atoms with Crippen LogP contribution in [0, 0.1) is 5.92 Å². The maximum absolute atomic E-state index is 11.4. The van der Waals surface area contributed by atoms with Crippen LogP contribution in [-0.4, -0.2) is 36.4 Å². The molecule has 0 saturated carbocycles. The summed E-state index contributed by atoms with van der Waals surface area (Å²) in [4.78, 5) is 11.4. The van der Waals surface area contributed by atoms with Crippen molar-refractivity contribution in [2.45, 2.75) is 44.1 Å². The largest absolute Gasteiger partial charge is 0.480 e. The van der Waals surface area contributed by atoms with Gasteiger partial charge in [0.05, 0.1) is 0 Å². The fourth-order valence-corrected chi connectivity index (χ4v) is 2.87. The van der Waals surface area contributed by atoms with E-state index < -0.39 is 11.5 Å². The molecule has 0 amide bonds. The van der Waals surface area contributed by atoms with Crippen molar-refractivity contribution in [3.05, 3.63) is 0 Å². The van der Waals surface area contributed by atoms with Crippen molar-refractivity contribution >= 4 is 5.97 Å². The fraction of sp³-hybridized carbons (Fsp3) is 0.917. The number of carboxylic acid groups (broad SMARTS) is 1. The molecule has 2 fully saturated rings. The zero-order valence-corrected chi connectivity index (χ0v) is 9.71. The zero-order chi connectivity index (χ0) is 11.4. The average Bonchev–Trinajstić information content (AvgIpc) is 2.31. The summed E-state index contributed by atoms with van der Waals surface area (Å²) < 4.78 is 5.43. The highest BCUT2D eigenvalue weighted by atomic mass is 16.5. The van der Waals surface area contributed by atoms with E-state index in [1.807, 2.05) is 0 Å². The first-order valence-electron chi connectivity index (χ1n) is 6.29. The molecule has 2 N–H and O–H groups in total. The van der Waals surface area contributed by atoms with Crippen LogP contribution in [0.5, 0.6) is 0 Å². The molecule has 0 bridgehead atoms. The van der Waals surface area contributed by atoms with E-state index in [1.165, 1.54) is 0 Å². The van der Waals surface area contributed by atoms with Gasteiger partial charge >= 0.3 is 5.97 Å². The lowest BCUT2D eigenvalue weighted by Gasteiger charge is -2.38. The molecule has 2 saturated heterocycles. The Labute approximate surface area is 96.4 Å². The molecule has 0 aromatic rings. The molecular weight excluding hydrogens is 206 g/mol. The van der Waals surface area contributed by atoms with Gasteiger partial charge in [-0.3, -0.25) is 4.79 Å². The summed E-state index contributed by atoms with van der Waals surface area (Å²) in [5.41, 5.74) is -0.677. The molecule has 0 aromatic heterocycles. The van der Waals surface area contributed by atoms with Crippen LogP contribution in [0.2, 0.25) is 0 Å². The number of carboxylic acids is 1. The van der Waals surface area contributed by atoms with Crippen LogP contribution >= 0.6 is 0 Å². The summed E-state index contributed by atoms with van der Waals surface area (Å²) in [5, 5.41) is 12.6. The van der Waals surface area contributed by atoms with Gasteiger partial charge in [-0.15, -0.1) is 0 Å². The summed E-state index contributed by atoms with van der Waals surface area (Å²) in [7, 11) is 0. The molecular formula is C12H21NO3. The molecule has 0 radical (unpaired) electrons. The van der Waals surface area contributed by atoms with E-state index in [0.29, 0.717) is 5.92 Å². The first-order chi connectivity index (χ1) is 7.73. The number of ether oxygens (including phenoxy) is 1. The maximum Gasteiger partial charge on any atom is 0.323 e. The summed E-state index contributed by atoms with van der Waals surface area (Å²) in [6, 6.07) is 0. The van der Waals surface area contributed by atoms with Gasteiger partial charge in [-0.25, -0.2) is 0 Å². The summed E-state index contributed by atoms with van der Waals surface area (Å²) in [6.07, 6.45) is 5.78. The molecule has 2 atom stereocenters. The van der Waals surface area contributed by atoms with Crippen LogP contribution in [0.4, 0.5) is 0 Å². The second-order valence-corrected chi connectivity index (χ2v) is 5.06. The van der Waals surface area contributed by atoms with E-state index in [-0.39, 0.29) is 0 Å². The molecule has 2 unspecified atom stereocenters. The zero-order valence-electron chi connectivity index (χ0n) is 9.71. The van der Waals surface area contributed by atoms with Crippen LogP contribution in [-0.2, 0) is 9.53 Å². The van der Waals surface area contributed by atoms with E-state index in [9.17, 15) is 9.90 Å². The third-order valence-corrected chi connectivity index (χ3v) is 3.79. The minimum absolute atomic E-state index is 0.412. The maximum atomic E-state index is 11.4. The lowest BCUT2D eigenvalue weighted by atomic mass is 9.79. The monoisotopic (exact) mass is 227 g/mol. The number of piperidine rings is 1. The van der Waals surface area contributed by atoms with E-state index in [4.69, 9.17) is 4.74 Å². The number of hydrogen-bond acceptors (Lipinski definition) is 3. The van der Waals surface area contributed by atoms with Gasteiger partial charge in [0.1, 0.15) is 5.54 Å². The van der Waals surface area contributed by atoms with Crippen LogP contribution in [0.3, 0.4) is 0 Å². The number of aliphatic carboxylic acids is 1. The van der Waals surface area contributed by atoms with Gasteiger partial charge < -0.3 is 15.2 Å². The molecule has 2 rings (SSSR count). The van der Waals surface area contributed by atoms with Crippen molar-refractivity contribution in [2.75, 3.05) is 19.8 Å². The molecule has 2 aliphatic rings. The standard InChI is InChI=1S/C12H21NO3/c14-11(15)12(5-1-2-6-13-12)8-10-4-3-7-16-9-10/h10,13H,1-9H2,(H,14,15). The van der Waals surface area contributed by atoms with Gasteiger partial charge in [0.15, 0.2) is 0 Å². The van der Waals surface area contributed by atoms with Gasteiger partial charge in [0, 0.05) is 13.2 Å². The highest BCUT2D eigenvalue weighted by Crippen LogP contribution is 2.30. The molecule has 2 heterocycles. The van der Waals surface area contributed by atoms with Crippen molar-refractivity contribution < 1.29 is 14.6 Å². The van der Waals surface area contributed by atoms with Crippen LogP contribution in [0.1, 0.15) is 38.5 Å². The minimum atomic E-state index is -0.683. The Hall–Kier alpha value is -0.610. The number of nitrogens with one attached hydrogen (secondary N) is 1. The van der Waals surface area contributed by atoms with Gasteiger partial charge in [0.25, 0.3) is 0 Å². The van der Waals surface area contributed by atoms with Crippen molar-refractivity contribution in [3.63, 3.8) is 0 Å². The van der Waals surface area contributed by atoms with Crippen LogP contribution in [0.25, 0.3) is 0 Å². The second kappa shape index (κ2) is 5.15. The summed E-state index contributed by atoms with van der Waals surface area (Å²) >= 11 is 0. The number of hydrogen-bond donors (Lipinski definition) is 2. The summed E-state index contributed by atoms with van der Waals surface area (Å²) in [5.74, 6) is -0.270. The highest BCUT2D eigenvalue weighted by Gasteiger charge is 2.41. The van der Waals surface area contributed by atoms with Crippen molar-refractivity contribution in [2.24, 2.45) is 5.92 Å². The third kappa shape index (κ3) is 2.55. The SMILES string of the molecule is O=C(O)C1(CC2CCCOC2)CCCCN1. The second-order valence-electron chi connectivity index (χ2n) is 5.06. The Kier molecular flexibility index (Phi) is 3.82. The van der Waals surface area contributed by atoms with E-state index in [2.05, 4.69) is 5.32 Å². The quantitative estimate of drug-likeness (QED) is 0.765. The molecule has 92 valence electrons. The predicted octanol–water partition coefficient (Wildman–Crippen LogP) is 1.40. The topological polar surface area (TPSA) is 58.6 Å². The predicted molar refractivity (Wildman–Crippen MR) is 60.4 cm³/mol. The van der Waals surface area contributed by atoms with Gasteiger partial charge in [0.2, 0.25) is 0 Å². The molecule has 0 aliphatic carbocycles. The molecule has 4 nitrogen and oxygen atoms in total. The van der Waals surface area contributed by atoms with Crippen molar-refractivity contribution in [1.29, 1.82) is 0 Å². The van der Waals surface area contributed by atoms with Gasteiger partial charge in [-0.1, -0.05) is 0 Å². The number of carbonyl (C=O) groups is 1. The smallest absolute Gasteiger partial charge is 0.323 e. The normalized spacial score (nSPS) is 35.9. The Bertz CT molecular complexity index is 243. The van der Waals surface area contributed by atoms with Gasteiger partial charge in [-0.2, -0.15) is 0 Å². The Morgan fingerprint density at radius 2 is 2.31 bits per heavy atom. The third-order valence-electron chi connectivity index (χ3n) is 3.79. The molecule has 0 spiro atoms. The van der Waals surface area contributed by atoms with Crippen molar-refractivity contribution in [3.8, 4) is 0 Å². The van der Waals surface area contributed by atoms with Crippen LogP contribution in [0.15, 0.2) is 0 Å². The number of rotatable bonds is 3. The minimum Gasteiger partial charge on any atom is -0.480 e. The Balaban J connectivity index is 1.98. The van der Waals surface area contributed by atoms with Gasteiger partial charge in [-0.05, 0) is 51.0 Å². The van der Waals surface area contributed by atoms with Crippen molar-refractivity contribution in [1.82, 2.24) is 5.32 Å². The molecule has 4 heteroatoms. The lowest BCUT2D eigenvalue weighted by Crippen LogP contribution is -2.56. The summed E-state index contributed by atoms with van der Waals surface area (Å²) in [6.45, 7) is 2.40. The molecule has 0 aromatic carbocycles. The average molecular weight is 227 g/mol. The van der Waals surface area contributed by atoms with E-state index in [0.717, 1.165) is 58.3 Å². The van der Waals surface area contributed by atoms with E-state index >= 15 is 0 Å². The fourth-order valence-electron chi connectivity index (χ4n) is 2.87.